The van der Waals surface area contributed by atoms with Crippen molar-refractivity contribution >= 4 is 21.6 Å². The van der Waals surface area contributed by atoms with Gasteiger partial charge < -0.3 is 4.90 Å². The van der Waals surface area contributed by atoms with Crippen molar-refractivity contribution in [1.82, 2.24) is 4.90 Å². The van der Waals surface area contributed by atoms with Crippen LogP contribution in [0.5, 0.6) is 0 Å². The Morgan fingerprint density at radius 3 is 1.96 bits per heavy atom. The molecule has 5 nitrogen and oxygen atoms in total. The van der Waals surface area contributed by atoms with Crippen molar-refractivity contribution in [3.8, 4) is 0 Å². The van der Waals surface area contributed by atoms with E-state index in [0.29, 0.717) is 11.3 Å². The van der Waals surface area contributed by atoms with E-state index >= 15 is 0 Å². The molecule has 1 atom stereocenters. The molecule has 0 spiro atoms. The fourth-order valence-corrected chi connectivity index (χ4v) is 3.89. The van der Waals surface area contributed by atoms with Crippen LogP contribution in [0.4, 0.5) is 5.69 Å². The van der Waals surface area contributed by atoms with Gasteiger partial charge in [0.25, 0.3) is 15.9 Å². The first-order chi connectivity index (χ1) is 13.4. The molecule has 0 saturated heterocycles. The first-order valence-electron chi connectivity index (χ1n) is 8.88. The molecule has 1 N–H and O–H groups in total. The van der Waals surface area contributed by atoms with Gasteiger partial charge in [0.05, 0.1) is 10.9 Å². The number of hydrogen-bond donors (Lipinski definition) is 1. The van der Waals surface area contributed by atoms with Crippen molar-refractivity contribution < 1.29 is 13.2 Å². The van der Waals surface area contributed by atoms with Gasteiger partial charge in [-0.25, -0.2) is 8.42 Å². The van der Waals surface area contributed by atoms with Crippen LogP contribution in [0.15, 0.2) is 89.8 Å². The Hall–Kier alpha value is -3.12. The van der Waals surface area contributed by atoms with E-state index in [2.05, 4.69) is 4.72 Å². The van der Waals surface area contributed by atoms with E-state index in [1.54, 1.807) is 36.2 Å². The lowest BCUT2D eigenvalue weighted by atomic mass is 10.1. The van der Waals surface area contributed by atoms with Gasteiger partial charge in [-0.05, 0) is 48.9 Å². The summed E-state index contributed by atoms with van der Waals surface area (Å²) in [6.07, 6.45) is 0. The summed E-state index contributed by atoms with van der Waals surface area (Å²) in [4.78, 5) is 14.5. The molecule has 0 heterocycles. The molecule has 0 radical (unpaired) electrons. The molecule has 3 aromatic rings. The molecule has 0 aliphatic heterocycles. The normalized spacial score (nSPS) is 12.2. The third kappa shape index (κ3) is 4.40. The predicted octanol–water partition coefficient (Wildman–Crippen LogP) is 4.32. The lowest BCUT2D eigenvalue weighted by molar-refractivity contribution is 0.0742. The average Bonchev–Trinajstić information content (AvgIpc) is 2.73. The van der Waals surface area contributed by atoms with Gasteiger partial charge in [-0.1, -0.05) is 48.5 Å². The van der Waals surface area contributed by atoms with Crippen molar-refractivity contribution in [2.24, 2.45) is 0 Å². The number of nitrogens with one attached hydrogen (secondary N) is 1. The summed E-state index contributed by atoms with van der Waals surface area (Å²) in [5.41, 5.74) is 1.95. The van der Waals surface area contributed by atoms with E-state index in [-0.39, 0.29) is 16.8 Å². The van der Waals surface area contributed by atoms with Crippen LogP contribution in [0.25, 0.3) is 0 Å². The topological polar surface area (TPSA) is 66.5 Å². The van der Waals surface area contributed by atoms with E-state index in [9.17, 15) is 13.2 Å². The Balaban J connectivity index is 1.75. The highest BCUT2D eigenvalue weighted by Crippen LogP contribution is 2.22. The minimum atomic E-state index is -3.71. The van der Waals surface area contributed by atoms with Crippen LogP contribution in [0.1, 0.15) is 28.9 Å². The molecule has 0 aliphatic carbocycles. The molecule has 28 heavy (non-hydrogen) atoms. The summed E-state index contributed by atoms with van der Waals surface area (Å²) in [6.45, 7) is 1.95. The third-order valence-corrected chi connectivity index (χ3v) is 6.02. The summed E-state index contributed by atoms with van der Waals surface area (Å²) in [5.74, 6) is -0.170. The van der Waals surface area contributed by atoms with Crippen LogP contribution >= 0.6 is 0 Å². The Morgan fingerprint density at radius 1 is 0.857 bits per heavy atom. The first-order valence-corrected chi connectivity index (χ1v) is 10.4. The number of carbonyl (C=O) groups excluding carboxylic acids is 1. The van der Waals surface area contributed by atoms with Crippen molar-refractivity contribution in [1.29, 1.82) is 0 Å². The predicted molar refractivity (Wildman–Crippen MR) is 111 cm³/mol. The fraction of sp³-hybridized carbons (Fsp3) is 0.136. The number of para-hydroxylation sites is 1. The monoisotopic (exact) mass is 394 g/mol. The standard InChI is InChI=1S/C22H22N2O3S/c1-17(18-9-5-3-6-10-18)24(2)22(25)19-13-15-21(16-14-19)28(26,27)23-20-11-7-4-8-12-20/h3-17,23H,1-2H3/t17-/m0/s1. The maximum atomic E-state index is 12.8. The Labute approximate surface area is 165 Å². The van der Waals surface area contributed by atoms with Crippen molar-refractivity contribution in [3.05, 3.63) is 96.1 Å². The molecular weight excluding hydrogens is 372 g/mol. The van der Waals surface area contributed by atoms with E-state index in [1.165, 1.54) is 24.3 Å². The van der Waals surface area contributed by atoms with Crippen molar-refractivity contribution in [3.63, 3.8) is 0 Å². The van der Waals surface area contributed by atoms with Gasteiger partial charge in [-0.3, -0.25) is 9.52 Å². The second-order valence-corrected chi connectivity index (χ2v) is 8.18. The molecule has 0 aromatic heterocycles. The van der Waals surface area contributed by atoms with E-state index in [4.69, 9.17) is 0 Å². The zero-order chi connectivity index (χ0) is 20.1. The van der Waals surface area contributed by atoms with Crippen LogP contribution in [0.3, 0.4) is 0 Å². The maximum absolute atomic E-state index is 12.8. The highest BCUT2D eigenvalue weighted by atomic mass is 32.2. The average molecular weight is 394 g/mol. The summed E-state index contributed by atoms with van der Waals surface area (Å²) in [6, 6.07) is 24.3. The Kier molecular flexibility index (Phi) is 5.80. The molecule has 6 heteroatoms. The van der Waals surface area contributed by atoms with Crippen LogP contribution in [-0.4, -0.2) is 26.3 Å². The zero-order valence-corrected chi connectivity index (χ0v) is 16.6. The molecule has 0 saturated carbocycles. The van der Waals surface area contributed by atoms with Gasteiger partial charge in [0, 0.05) is 18.3 Å². The third-order valence-electron chi connectivity index (χ3n) is 4.62. The van der Waals surface area contributed by atoms with Gasteiger partial charge in [0.1, 0.15) is 0 Å². The fourth-order valence-electron chi connectivity index (χ4n) is 2.83. The largest absolute Gasteiger partial charge is 0.335 e. The quantitative estimate of drug-likeness (QED) is 0.677. The minimum Gasteiger partial charge on any atom is -0.335 e. The molecular formula is C22H22N2O3S. The van der Waals surface area contributed by atoms with Gasteiger partial charge in [0.2, 0.25) is 0 Å². The van der Waals surface area contributed by atoms with Crippen LogP contribution in [0, 0.1) is 0 Å². The molecule has 144 valence electrons. The number of nitrogens with zero attached hydrogens (tertiary/aromatic N) is 1. The molecule has 0 fully saturated rings. The van der Waals surface area contributed by atoms with Gasteiger partial charge in [-0.2, -0.15) is 0 Å². The highest BCUT2D eigenvalue weighted by molar-refractivity contribution is 7.92. The number of benzene rings is 3. The van der Waals surface area contributed by atoms with Gasteiger partial charge in [-0.15, -0.1) is 0 Å². The summed E-state index contributed by atoms with van der Waals surface area (Å²) >= 11 is 0. The van der Waals surface area contributed by atoms with Crippen LogP contribution in [-0.2, 0) is 10.0 Å². The molecule has 0 unspecified atom stereocenters. The zero-order valence-electron chi connectivity index (χ0n) is 15.7. The number of sulfonamides is 1. The molecule has 0 aliphatic rings. The van der Waals surface area contributed by atoms with E-state index in [1.807, 2.05) is 43.3 Å². The molecule has 1 amide bonds. The summed E-state index contributed by atoms with van der Waals surface area (Å²) in [7, 11) is -1.97. The number of amides is 1. The van der Waals surface area contributed by atoms with Gasteiger partial charge >= 0.3 is 0 Å². The Bertz CT molecular complexity index is 1030. The Morgan fingerprint density at radius 2 is 1.39 bits per heavy atom. The second kappa shape index (κ2) is 8.27. The first kappa shape index (κ1) is 19.6. The number of rotatable bonds is 6. The molecule has 0 bridgehead atoms. The number of hydrogen-bond acceptors (Lipinski definition) is 3. The van der Waals surface area contributed by atoms with Crippen molar-refractivity contribution in [2.45, 2.75) is 17.9 Å². The smallest absolute Gasteiger partial charge is 0.261 e. The van der Waals surface area contributed by atoms with E-state index in [0.717, 1.165) is 5.56 Å². The molecule has 3 rings (SSSR count). The summed E-state index contributed by atoms with van der Waals surface area (Å²) in [5, 5.41) is 0. The lowest BCUT2D eigenvalue weighted by Gasteiger charge is -2.25. The number of anilines is 1. The summed E-state index contributed by atoms with van der Waals surface area (Å²) < 4.78 is 27.5. The SMILES string of the molecule is C[C@@H](c1ccccc1)N(C)C(=O)c1ccc(S(=O)(=O)Nc2ccccc2)cc1. The second-order valence-electron chi connectivity index (χ2n) is 6.50. The van der Waals surface area contributed by atoms with Crippen LogP contribution < -0.4 is 4.72 Å². The van der Waals surface area contributed by atoms with Crippen molar-refractivity contribution in [2.75, 3.05) is 11.8 Å². The maximum Gasteiger partial charge on any atom is 0.261 e. The molecule has 3 aromatic carbocycles. The van der Waals surface area contributed by atoms with Crippen LogP contribution in [0.2, 0.25) is 0 Å². The minimum absolute atomic E-state index is 0.100. The van der Waals surface area contributed by atoms with Gasteiger partial charge in [0.15, 0.2) is 0 Å². The highest BCUT2D eigenvalue weighted by Gasteiger charge is 2.20. The number of carbonyl (C=O) groups is 1. The van der Waals surface area contributed by atoms with E-state index < -0.39 is 10.0 Å². The lowest BCUT2D eigenvalue weighted by Crippen LogP contribution is -2.29.